The highest BCUT2D eigenvalue weighted by molar-refractivity contribution is 5.89. The second-order valence-corrected chi connectivity index (χ2v) is 6.12. The zero-order valence-corrected chi connectivity index (χ0v) is 13.6. The number of anilines is 1. The number of aromatic nitrogens is 3. The number of halogens is 3. The molecular formula is C16H18F3N5O. The van der Waals surface area contributed by atoms with E-state index in [1.165, 1.54) is 4.57 Å². The van der Waals surface area contributed by atoms with Gasteiger partial charge in [0.2, 0.25) is 0 Å². The van der Waals surface area contributed by atoms with Crippen LogP contribution in [0.15, 0.2) is 24.7 Å². The maximum absolute atomic E-state index is 12.7. The number of hydrogen-bond donors (Lipinski definition) is 2. The topological polar surface area (TPSA) is 71.8 Å². The number of carbonyl (C=O) groups excluding carboxylic acids is 1. The van der Waals surface area contributed by atoms with Gasteiger partial charge >= 0.3 is 12.2 Å². The minimum Gasteiger partial charge on any atom is -0.338 e. The fourth-order valence-electron chi connectivity index (χ4n) is 2.82. The van der Waals surface area contributed by atoms with Crippen LogP contribution in [-0.4, -0.2) is 27.1 Å². The molecule has 0 unspecified atom stereocenters. The third kappa shape index (κ3) is 4.09. The maximum Gasteiger partial charge on any atom is 0.434 e. The summed E-state index contributed by atoms with van der Waals surface area (Å²) < 4.78 is 39.7. The Morgan fingerprint density at radius 3 is 2.96 bits per heavy atom. The quantitative estimate of drug-likeness (QED) is 0.891. The first kappa shape index (κ1) is 17.2. The van der Waals surface area contributed by atoms with Gasteiger partial charge in [0.25, 0.3) is 0 Å². The van der Waals surface area contributed by atoms with Gasteiger partial charge in [-0.15, -0.1) is 0 Å². The van der Waals surface area contributed by atoms with Gasteiger partial charge in [-0.2, -0.15) is 13.2 Å². The molecule has 134 valence electrons. The summed E-state index contributed by atoms with van der Waals surface area (Å²) in [6.07, 6.45) is 0.955. The first-order chi connectivity index (χ1) is 11.8. The molecule has 0 bridgehead atoms. The lowest BCUT2D eigenvalue weighted by molar-refractivity contribution is -0.141. The van der Waals surface area contributed by atoms with E-state index in [9.17, 15) is 18.0 Å². The molecule has 0 aliphatic carbocycles. The summed E-state index contributed by atoms with van der Waals surface area (Å²) in [4.78, 5) is 19.6. The van der Waals surface area contributed by atoms with Crippen LogP contribution < -0.4 is 10.6 Å². The van der Waals surface area contributed by atoms with Crippen molar-refractivity contribution in [3.8, 4) is 0 Å². The maximum atomic E-state index is 12.7. The summed E-state index contributed by atoms with van der Waals surface area (Å²) in [5.41, 5.74) is 0.654. The summed E-state index contributed by atoms with van der Waals surface area (Å²) in [6, 6.07) is 1.43. The average Bonchev–Trinajstić information content (AvgIpc) is 2.99. The van der Waals surface area contributed by atoms with Crippen LogP contribution in [-0.2, 0) is 19.1 Å². The molecule has 0 radical (unpaired) electrons. The van der Waals surface area contributed by atoms with Crippen molar-refractivity contribution in [2.75, 3.05) is 11.9 Å². The molecule has 0 fully saturated rings. The third-order valence-corrected chi connectivity index (χ3v) is 4.22. The standard InChI is InChI=1S/C16H18F3N5O/c1-10-4-5-20-7-12(10)22-15(25)21-6-11-2-3-14-23-13(16(17,18)19)9-24(14)8-11/h4-5,7,9,11H,2-3,6,8H2,1H3,(H2,21,22,25)/t11-/m0/s1. The van der Waals surface area contributed by atoms with Crippen LogP contribution >= 0.6 is 0 Å². The molecule has 2 N–H and O–H groups in total. The normalized spacial score (nSPS) is 17.0. The molecule has 9 heteroatoms. The molecule has 3 rings (SSSR count). The molecule has 0 saturated heterocycles. The molecule has 2 amide bonds. The summed E-state index contributed by atoms with van der Waals surface area (Å²) >= 11 is 0. The average molecular weight is 353 g/mol. The molecule has 0 spiro atoms. The number of amides is 2. The molecule has 3 heterocycles. The minimum atomic E-state index is -4.43. The van der Waals surface area contributed by atoms with E-state index in [4.69, 9.17) is 0 Å². The van der Waals surface area contributed by atoms with Crippen LogP contribution in [0.3, 0.4) is 0 Å². The lowest BCUT2D eigenvalue weighted by atomic mass is 9.99. The fraction of sp³-hybridized carbons (Fsp3) is 0.438. The third-order valence-electron chi connectivity index (χ3n) is 4.22. The Morgan fingerprint density at radius 2 is 2.24 bits per heavy atom. The van der Waals surface area contributed by atoms with Crippen LogP contribution in [0.5, 0.6) is 0 Å². The van der Waals surface area contributed by atoms with Gasteiger partial charge in [-0.05, 0) is 30.9 Å². The highest BCUT2D eigenvalue weighted by Crippen LogP contribution is 2.30. The molecular weight excluding hydrogens is 335 g/mol. The van der Waals surface area contributed by atoms with Gasteiger partial charge in [-0.25, -0.2) is 9.78 Å². The fourth-order valence-corrected chi connectivity index (χ4v) is 2.82. The number of carbonyl (C=O) groups is 1. The van der Waals surface area contributed by atoms with Crippen LogP contribution in [0.2, 0.25) is 0 Å². The van der Waals surface area contributed by atoms with Gasteiger partial charge in [0, 0.05) is 31.9 Å². The summed E-state index contributed by atoms with van der Waals surface area (Å²) in [7, 11) is 0. The van der Waals surface area contributed by atoms with Crippen molar-refractivity contribution in [2.45, 2.75) is 32.5 Å². The van der Waals surface area contributed by atoms with Gasteiger partial charge in [0.15, 0.2) is 5.69 Å². The number of fused-ring (bicyclic) bond motifs is 1. The summed E-state index contributed by atoms with van der Waals surface area (Å²) in [6.45, 7) is 2.64. The number of imidazole rings is 1. The van der Waals surface area contributed by atoms with E-state index in [2.05, 4.69) is 20.6 Å². The van der Waals surface area contributed by atoms with Crippen molar-refractivity contribution in [1.29, 1.82) is 0 Å². The van der Waals surface area contributed by atoms with Crippen molar-refractivity contribution in [3.63, 3.8) is 0 Å². The predicted molar refractivity (Wildman–Crippen MR) is 85.0 cm³/mol. The lowest BCUT2D eigenvalue weighted by Gasteiger charge is -2.24. The minimum absolute atomic E-state index is 0.0588. The number of alkyl halides is 3. The predicted octanol–water partition coefficient (Wildman–Crippen LogP) is 2.99. The Hall–Kier alpha value is -2.58. The second-order valence-electron chi connectivity index (χ2n) is 6.12. The number of pyridine rings is 1. The number of hydrogen-bond acceptors (Lipinski definition) is 3. The molecule has 1 aliphatic rings. The highest BCUT2D eigenvalue weighted by Gasteiger charge is 2.35. The zero-order chi connectivity index (χ0) is 18.0. The van der Waals surface area contributed by atoms with E-state index in [0.29, 0.717) is 37.4 Å². The first-order valence-corrected chi connectivity index (χ1v) is 7.91. The Labute approximate surface area is 142 Å². The zero-order valence-electron chi connectivity index (χ0n) is 13.6. The van der Waals surface area contributed by atoms with Crippen molar-refractivity contribution in [1.82, 2.24) is 19.9 Å². The number of nitrogens with zero attached hydrogens (tertiary/aromatic N) is 3. The Morgan fingerprint density at radius 1 is 1.44 bits per heavy atom. The van der Waals surface area contributed by atoms with E-state index in [1.807, 2.05) is 6.92 Å². The molecule has 0 saturated carbocycles. The van der Waals surface area contributed by atoms with Crippen LogP contribution in [0, 0.1) is 12.8 Å². The molecule has 6 nitrogen and oxygen atoms in total. The van der Waals surface area contributed by atoms with Crippen molar-refractivity contribution in [3.05, 3.63) is 41.7 Å². The van der Waals surface area contributed by atoms with E-state index in [0.717, 1.165) is 11.8 Å². The monoisotopic (exact) mass is 353 g/mol. The SMILES string of the molecule is Cc1ccncc1NC(=O)NC[C@@H]1CCc2nc(C(F)(F)F)cn2C1. The molecule has 25 heavy (non-hydrogen) atoms. The van der Waals surface area contributed by atoms with E-state index in [1.54, 1.807) is 18.5 Å². The summed E-state index contributed by atoms with van der Waals surface area (Å²) in [5, 5.41) is 5.47. The molecule has 2 aromatic heterocycles. The first-order valence-electron chi connectivity index (χ1n) is 7.91. The molecule has 0 aromatic carbocycles. The lowest BCUT2D eigenvalue weighted by Crippen LogP contribution is -2.36. The number of rotatable bonds is 3. The number of urea groups is 1. The van der Waals surface area contributed by atoms with Gasteiger partial charge in [0.05, 0.1) is 11.9 Å². The summed E-state index contributed by atoms with van der Waals surface area (Å²) in [5.74, 6) is 0.502. The van der Waals surface area contributed by atoms with Crippen molar-refractivity contribution >= 4 is 11.7 Å². The van der Waals surface area contributed by atoms with Crippen molar-refractivity contribution in [2.24, 2.45) is 5.92 Å². The van der Waals surface area contributed by atoms with E-state index >= 15 is 0 Å². The van der Waals surface area contributed by atoms with Crippen LogP contribution in [0.25, 0.3) is 0 Å². The molecule has 1 atom stereocenters. The number of nitrogens with one attached hydrogen (secondary N) is 2. The highest BCUT2D eigenvalue weighted by atomic mass is 19.4. The largest absolute Gasteiger partial charge is 0.434 e. The molecule has 1 aliphatic heterocycles. The van der Waals surface area contributed by atoms with Crippen LogP contribution in [0.1, 0.15) is 23.5 Å². The van der Waals surface area contributed by atoms with E-state index < -0.39 is 11.9 Å². The second kappa shape index (κ2) is 6.73. The number of aryl methyl sites for hydroxylation is 2. The van der Waals surface area contributed by atoms with Gasteiger partial charge in [-0.1, -0.05) is 0 Å². The van der Waals surface area contributed by atoms with E-state index in [-0.39, 0.29) is 11.9 Å². The Kier molecular flexibility index (Phi) is 4.65. The van der Waals surface area contributed by atoms with Gasteiger partial charge < -0.3 is 15.2 Å². The van der Waals surface area contributed by atoms with Crippen molar-refractivity contribution < 1.29 is 18.0 Å². The van der Waals surface area contributed by atoms with Gasteiger partial charge in [0.1, 0.15) is 5.82 Å². The Balaban J connectivity index is 1.54. The smallest absolute Gasteiger partial charge is 0.338 e. The molecule has 2 aromatic rings. The van der Waals surface area contributed by atoms with Gasteiger partial charge in [-0.3, -0.25) is 4.98 Å². The Bertz CT molecular complexity index is 771. The van der Waals surface area contributed by atoms with Crippen LogP contribution in [0.4, 0.5) is 23.7 Å².